The number of hydrogen-bond acceptors (Lipinski definition) is 5. The third-order valence-electron chi connectivity index (χ3n) is 5.28. The number of aromatic nitrogens is 1. The summed E-state index contributed by atoms with van der Waals surface area (Å²) in [7, 11) is 0. The number of likely N-dealkylation sites (tertiary alicyclic amines) is 1. The van der Waals surface area contributed by atoms with Crippen LogP contribution in [-0.4, -0.2) is 32.8 Å². The Kier molecular flexibility index (Phi) is 6.47. The number of Topliss-reactive ketones (excluding diaryl/α,β-unsaturated/α-hetero) is 1. The topological polar surface area (TPSA) is 79.7 Å². The Morgan fingerprint density at radius 3 is 2.52 bits per heavy atom. The zero-order chi connectivity index (χ0) is 23.5. The molecule has 7 heteroatoms. The molecule has 1 unspecified atom stereocenters. The summed E-state index contributed by atoms with van der Waals surface area (Å²) in [5, 5.41) is 11.6. The molecule has 1 amide bonds. The first kappa shape index (κ1) is 22.6. The minimum atomic E-state index is -0.796. The number of ether oxygens (including phenoxy) is 1. The van der Waals surface area contributed by atoms with Crippen molar-refractivity contribution in [3.8, 4) is 5.75 Å². The molecule has 2 heterocycles. The first-order chi connectivity index (χ1) is 15.8. The SMILES string of the molecule is CC(C)Oc1ccc(/C(O)=C2\C(=O)C(=O)N(Cc3cccnc3)C2c2cccc(Cl)c2)cc1. The van der Waals surface area contributed by atoms with E-state index in [9.17, 15) is 14.7 Å². The average molecular weight is 463 g/mol. The summed E-state index contributed by atoms with van der Waals surface area (Å²) in [5.41, 5.74) is 1.83. The number of halogens is 1. The maximum absolute atomic E-state index is 13.1. The molecule has 1 saturated heterocycles. The first-order valence-corrected chi connectivity index (χ1v) is 10.9. The lowest BCUT2D eigenvalue weighted by atomic mass is 9.95. The van der Waals surface area contributed by atoms with Crippen LogP contribution in [0.25, 0.3) is 5.76 Å². The van der Waals surface area contributed by atoms with E-state index in [1.807, 2.05) is 19.9 Å². The summed E-state index contributed by atoms with van der Waals surface area (Å²) in [6.07, 6.45) is 3.28. The minimum Gasteiger partial charge on any atom is -0.507 e. The number of rotatable bonds is 6. The molecule has 1 atom stereocenters. The van der Waals surface area contributed by atoms with Gasteiger partial charge in [0, 0.05) is 29.5 Å². The molecular weight excluding hydrogens is 440 g/mol. The molecule has 168 valence electrons. The van der Waals surface area contributed by atoms with Crippen molar-refractivity contribution < 1.29 is 19.4 Å². The maximum atomic E-state index is 13.1. The van der Waals surface area contributed by atoms with Crippen molar-refractivity contribution in [2.45, 2.75) is 32.5 Å². The van der Waals surface area contributed by atoms with E-state index in [0.29, 0.717) is 21.9 Å². The molecule has 0 aliphatic carbocycles. The second kappa shape index (κ2) is 9.46. The number of hydrogen-bond donors (Lipinski definition) is 1. The van der Waals surface area contributed by atoms with Gasteiger partial charge in [-0.15, -0.1) is 0 Å². The zero-order valence-corrected chi connectivity index (χ0v) is 19.0. The molecule has 1 aromatic heterocycles. The summed E-state index contributed by atoms with van der Waals surface area (Å²) in [4.78, 5) is 31.7. The van der Waals surface area contributed by atoms with E-state index < -0.39 is 17.7 Å². The molecule has 1 fully saturated rings. The molecule has 0 saturated carbocycles. The number of aliphatic hydroxyl groups is 1. The Hall–Kier alpha value is -3.64. The smallest absolute Gasteiger partial charge is 0.295 e. The number of carbonyl (C=O) groups is 2. The standard InChI is InChI=1S/C26H23ClN2O4/c1-16(2)33-21-10-8-18(9-11-21)24(30)22-23(19-6-3-7-20(27)13-19)29(26(32)25(22)31)15-17-5-4-12-28-14-17/h3-14,16,23,30H,15H2,1-2H3/b24-22+. The molecule has 2 aromatic carbocycles. The molecule has 4 rings (SSSR count). The van der Waals surface area contributed by atoms with Gasteiger partial charge in [-0.2, -0.15) is 0 Å². The maximum Gasteiger partial charge on any atom is 0.295 e. The van der Waals surface area contributed by atoms with E-state index in [2.05, 4.69) is 4.98 Å². The lowest BCUT2D eigenvalue weighted by molar-refractivity contribution is -0.140. The number of aliphatic hydroxyl groups excluding tert-OH is 1. The summed E-state index contributed by atoms with van der Waals surface area (Å²) in [5.74, 6) is -1.04. The van der Waals surface area contributed by atoms with E-state index >= 15 is 0 Å². The van der Waals surface area contributed by atoms with Crippen molar-refractivity contribution in [3.63, 3.8) is 0 Å². The molecule has 0 spiro atoms. The van der Waals surface area contributed by atoms with Crippen molar-refractivity contribution in [1.82, 2.24) is 9.88 Å². The van der Waals surface area contributed by atoms with E-state index in [0.717, 1.165) is 5.56 Å². The van der Waals surface area contributed by atoms with Gasteiger partial charge in [0.15, 0.2) is 0 Å². The van der Waals surface area contributed by atoms with Gasteiger partial charge in [0.2, 0.25) is 0 Å². The highest BCUT2D eigenvalue weighted by atomic mass is 35.5. The monoisotopic (exact) mass is 462 g/mol. The predicted molar refractivity (Wildman–Crippen MR) is 126 cm³/mol. The third kappa shape index (κ3) is 4.76. The molecule has 0 bridgehead atoms. The number of ketones is 1. The van der Waals surface area contributed by atoms with Crippen LogP contribution in [0, 0.1) is 0 Å². The number of pyridine rings is 1. The van der Waals surface area contributed by atoms with Gasteiger partial charge in [0.05, 0.1) is 17.7 Å². The van der Waals surface area contributed by atoms with Crippen LogP contribution in [-0.2, 0) is 16.1 Å². The second-order valence-electron chi connectivity index (χ2n) is 8.03. The van der Waals surface area contributed by atoms with Crippen LogP contribution < -0.4 is 4.74 Å². The summed E-state index contributed by atoms with van der Waals surface area (Å²) in [6, 6.07) is 16.5. The molecular formula is C26H23ClN2O4. The van der Waals surface area contributed by atoms with Gasteiger partial charge >= 0.3 is 0 Å². The van der Waals surface area contributed by atoms with E-state index in [-0.39, 0.29) is 24.0 Å². The molecule has 1 N–H and O–H groups in total. The van der Waals surface area contributed by atoms with Crippen LogP contribution in [0.15, 0.2) is 78.6 Å². The van der Waals surface area contributed by atoms with Gasteiger partial charge in [-0.05, 0) is 67.4 Å². The number of amides is 1. The molecule has 6 nitrogen and oxygen atoms in total. The van der Waals surface area contributed by atoms with E-state index in [1.54, 1.807) is 67.0 Å². The van der Waals surface area contributed by atoms with E-state index in [4.69, 9.17) is 16.3 Å². The molecule has 1 aliphatic rings. The fourth-order valence-electron chi connectivity index (χ4n) is 3.87. The van der Waals surface area contributed by atoms with Crippen molar-refractivity contribution in [2.75, 3.05) is 0 Å². The Labute approximate surface area is 197 Å². The Morgan fingerprint density at radius 1 is 1.12 bits per heavy atom. The molecule has 0 radical (unpaired) electrons. The first-order valence-electron chi connectivity index (χ1n) is 10.5. The van der Waals surface area contributed by atoms with Gasteiger partial charge in [-0.25, -0.2) is 0 Å². The van der Waals surface area contributed by atoms with Gasteiger partial charge in [-0.3, -0.25) is 14.6 Å². The lowest BCUT2D eigenvalue weighted by Crippen LogP contribution is -2.29. The number of carbonyl (C=O) groups excluding carboxylic acids is 2. The number of nitrogens with zero attached hydrogens (tertiary/aromatic N) is 2. The van der Waals surface area contributed by atoms with Crippen LogP contribution in [0.2, 0.25) is 5.02 Å². The van der Waals surface area contributed by atoms with Crippen LogP contribution in [0.4, 0.5) is 0 Å². The summed E-state index contributed by atoms with van der Waals surface area (Å²) >= 11 is 6.22. The van der Waals surface area contributed by atoms with Gasteiger partial charge < -0.3 is 14.7 Å². The van der Waals surface area contributed by atoms with Crippen molar-refractivity contribution in [1.29, 1.82) is 0 Å². The Morgan fingerprint density at radius 2 is 1.88 bits per heavy atom. The Balaban J connectivity index is 1.80. The second-order valence-corrected chi connectivity index (χ2v) is 8.47. The van der Waals surface area contributed by atoms with E-state index in [1.165, 1.54) is 4.90 Å². The lowest BCUT2D eigenvalue weighted by Gasteiger charge is -2.25. The van der Waals surface area contributed by atoms with Gasteiger partial charge in [0.25, 0.3) is 11.7 Å². The van der Waals surface area contributed by atoms with Crippen molar-refractivity contribution in [3.05, 3.63) is 100 Å². The molecule has 3 aromatic rings. The van der Waals surface area contributed by atoms with Crippen LogP contribution in [0.5, 0.6) is 5.75 Å². The van der Waals surface area contributed by atoms with Crippen molar-refractivity contribution in [2.24, 2.45) is 0 Å². The van der Waals surface area contributed by atoms with Gasteiger partial charge in [-0.1, -0.05) is 29.8 Å². The fourth-order valence-corrected chi connectivity index (χ4v) is 4.07. The van der Waals surface area contributed by atoms with Gasteiger partial charge in [0.1, 0.15) is 11.5 Å². The van der Waals surface area contributed by atoms with Crippen LogP contribution >= 0.6 is 11.6 Å². The summed E-state index contributed by atoms with van der Waals surface area (Å²) in [6.45, 7) is 4.00. The summed E-state index contributed by atoms with van der Waals surface area (Å²) < 4.78 is 5.65. The largest absolute Gasteiger partial charge is 0.507 e. The average Bonchev–Trinajstić information content (AvgIpc) is 3.04. The zero-order valence-electron chi connectivity index (χ0n) is 18.2. The highest BCUT2D eigenvalue weighted by Crippen LogP contribution is 2.41. The minimum absolute atomic E-state index is 0.00470. The highest BCUT2D eigenvalue weighted by Gasteiger charge is 2.46. The fraction of sp³-hybridized carbons (Fsp3) is 0.192. The van der Waals surface area contributed by atoms with Crippen molar-refractivity contribution >= 4 is 29.1 Å². The third-order valence-corrected chi connectivity index (χ3v) is 5.51. The van der Waals surface area contributed by atoms with Crippen LogP contribution in [0.3, 0.4) is 0 Å². The highest BCUT2D eigenvalue weighted by molar-refractivity contribution is 6.46. The predicted octanol–water partition coefficient (Wildman–Crippen LogP) is 5.14. The molecule has 33 heavy (non-hydrogen) atoms. The molecule has 1 aliphatic heterocycles. The normalized spacial score (nSPS) is 17.6. The van der Waals surface area contributed by atoms with Crippen LogP contribution in [0.1, 0.15) is 36.6 Å². The quantitative estimate of drug-likeness (QED) is 0.311. The Bertz CT molecular complexity index is 1210. The number of benzene rings is 2.